The van der Waals surface area contributed by atoms with Gasteiger partial charge in [-0.2, -0.15) is 0 Å². The summed E-state index contributed by atoms with van der Waals surface area (Å²) in [7, 11) is 0. The van der Waals surface area contributed by atoms with E-state index in [1.807, 2.05) is 0 Å². The number of hydrogen-bond acceptors (Lipinski definition) is 1. The highest BCUT2D eigenvalue weighted by Gasteiger charge is 2.15. The Morgan fingerprint density at radius 1 is 1.27 bits per heavy atom. The summed E-state index contributed by atoms with van der Waals surface area (Å²) >= 11 is 0. The van der Waals surface area contributed by atoms with Gasteiger partial charge in [0.2, 0.25) is 0 Å². The van der Waals surface area contributed by atoms with Gasteiger partial charge in [-0.05, 0) is 55.4 Å². The number of aryl methyl sites for hydroxylation is 2. The van der Waals surface area contributed by atoms with Crippen LogP contribution in [0.5, 0.6) is 0 Å². The van der Waals surface area contributed by atoms with Gasteiger partial charge in [0.15, 0.2) is 0 Å². The van der Waals surface area contributed by atoms with Crippen molar-refractivity contribution in [2.24, 2.45) is 5.73 Å². The van der Waals surface area contributed by atoms with Crippen LogP contribution in [0.3, 0.4) is 0 Å². The summed E-state index contributed by atoms with van der Waals surface area (Å²) in [6, 6.07) is 4.59. The van der Waals surface area contributed by atoms with Gasteiger partial charge in [-0.15, -0.1) is 0 Å². The number of hydrogen-bond donors (Lipinski definition) is 1. The van der Waals surface area contributed by atoms with Gasteiger partial charge in [-0.3, -0.25) is 0 Å². The van der Waals surface area contributed by atoms with Crippen LogP contribution >= 0.6 is 0 Å². The van der Waals surface area contributed by atoms with Crippen LogP contribution in [0.15, 0.2) is 18.2 Å². The zero-order valence-corrected chi connectivity index (χ0v) is 9.64. The van der Waals surface area contributed by atoms with E-state index >= 15 is 0 Å². The molecule has 0 atom stereocenters. The third-order valence-corrected chi connectivity index (χ3v) is 3.20. The first-order chi connectivity index (χ1) is 7.22. The Labute approximate surface area is 92.0 Å². The van der Waals surface area contributed by atoms with E-state index in [2.05, 4.69) is 32.1 Å². The summed E-state index contributed by atoms with van der Waals surface area (Å²) in [5.74, 6) is 0. The van der Waals surface area contributed by atoms with E-state index < -0.39 is 0 Å². The fraction of sp³-hybridized carbons (Fsp3) is 0.429. The molecule has 0 radical (unpaired) electrons. The predicted molar refractivity (Wildman–Crippen MR) is 65.9 cm³/mol. The molecule has 0 saturated carbocycles. The van der Waals surface area contributed by atoms with Crippen molar-refractivity contribution in [3.8, 4) is 0 Å². The van der Waals surface area contributed by atoms with Crippen molar-refractivity contribution in [3.05, 3.63) is 40.5 Å². The molecular formula is C14H19N. The highest BCUT2D eigenvalue weighted by atomic mass is 14.5. The van der Waals surface area contributed by atoms with E-state index in [0.717, 1.165) is 0 Å². The van der Waals surface area contributed by atoms with Crippen molar-refractivity contribution < 1.29 is 0 Å². The second kappa shape index (κ2) is 4.19. The molecule has 1 aliphatic carbocycles. The number of rotatable bonds is 1. The molecule has 0 fully saturated rings. The lowest BCUT2D eigenvalue weighted by molar-refractivity contribution is 0.813. The second-order valence-electron chi connectivity index (χ2n) is 4.43. The maximum Gasteiger partial charge on any atom is 0.0112 e. The Balaban J connectivity index is 2.55. The lowest BCUT2D eigenvalue weighted by Gasteiger charge is -2.22. The summed E-state index contributed by atoms with van der Waals surface area (Å²) < 4.78 is 0. The zero-order valence-electron chi connectivity index (χ0n) is 9.64. The molecule has 0 heterocycles. The van der Waals surface area contributed by atoms with Crippen molar-refractivity contribution in [1.29, 1.82) is 0 Å². The monoisotopic (exact) mass is 201 g/mol. The Morgan fingerprint density at radius 2 is 2.07 bits per heavy atom. The summed E-state index contributed by atoms with van der Waals surface area (Å²) in [5, 5.41) is 0. The second-order valence-corrected chi connectivity index (χ2v) is 4.43. The molecule has 2 N–H and O–H groups in total. The molecule has 80 valence electrons. The highest BCUT2D eigenvalue weighted by Crippen LogP contribution is 2.33. The number of benzene rings is 1. The van der Waals surface area contributed by atoms with Crippen LogP contribution < -0.4 is 5.73 Å². The minimum absolute atomic E-state index is 0.655. The molecule has 0 unspecified atom stereocenters. The number of fused-ring (bicyclic) bond motifs is 1. The summed E-state index contributed by atoms with van der Waals surface area (Å²) in [6.45, 7) is 5.04. The molecule has 0 spiro atoms. The van der Waals surface area contributed by atoms with Crippen molar-refractivity contribution >= 4 is 5.57 Å². The smallest absolute Gasteiger partial charge is 0.0112 e. The SMILES string of the molecule is Cc1cc(C)c2c(c1)/C(=C\CN)CCC2. The maximum atomic E-state index is 5.62. The van der Waals surface area contributed by atoms with Crippen molar-refractivity contribution in [2.75, 3.05) is 6.54 Å². The van der Waals surface area contributed by atoms with Gasteiger partial charge in [-0.25, -0.2) is 0 Å². The lowest BCUT2D eigenvalue weighted by Crippen LogP contribution is -2.06. The van der Waals surface area contributed by atoms with Gasteiger partial charge in [-0.1, -0.05) is 23.8 Å². The third kappa shape index (κ3) is 1.98. The first kappa shape index (κ1) is 10.4. The fourth-order valence-electron chi connectivity index (χ4n) is 2.56. The van der Waals surface area contributed by atoms with Gasteiger partial charge in [0.25, 0.3) is 0 Å². The molecule has 1 heteroatoms. The van der Waals surface area contributed by atoms with Crippen LogP contribution in [0.2, 0.25) is 0 Å². The molecule has 0 aliphatic heterocycles. The highest BCUT2D eigenvalue weighted by molar-refractivity contribution is 5.71. The molecule has 1 nitrogen and oxygen atoms in total. The van der Waals surface area contributed by atoms with Crippen molar-refractivity contribution in [1.82, 2.24) is 0 Å². The first-order valence-corrected chi connectivity index (χ1v) is 5.72. The number of nitrogens with two attached hydrogens (primary N) is 1. The average molecular weight is 201 g/mol. The first-order valence-electron chi connectivity index (χ1n) is 5.72. The minimum Gasteiger partial charge on any atom is -0.327 e. The predicted octanol–water partition coefficient (Wildman–Crippen LogP) is 2.98. The maximum absolute atomic E-state index is 5.62. The molecular weight excluding hydrogens is 182 g/mol. The summed E-state index contributed by atoms with van der Waals surface area (Å²) in [5.41, 5.74) is 12.8. The minimum atomic E-state index is 0.655. The standard InChI is InChI=1S/C14H19N/c1-10-8-11(2)13-5-3-4-12(6-7-15)14(13)9-10/h6,8-9H,3-5,7,15H2,1-2H3/b12-6-. The van der Waals surface area contributed by atoms with Crippen LogP contribution in [0, 0.1) is 13.8 Å². The molecule has 1 aromatic carbocycles. The van der Waals surface area contributed by atoms with Gasteiger partial charge in [0.1, 0.15) is 0 Å². The van der Waals surface area contributed by atoms with E-state index in [4.69, 9.17) is 5.73 Å². The van der Waals surface area contributed by atoms with Gasteiger partial charge in [0.05, 0.1) is 0 Å². The Hall–Kier alpha value is -1.08. The molecule has 0 aromatic heterocycles. The summed E-state index contributed by atoms with van der Waals surface area (Å²) in [4.78, 5) is 0. The van der Waals surface area contributed by atoms with Crippen LogP contribution in [-0.4, -0.2) is 6.54 Å². The van der Waals surface area contributed by atoms with Crippen LogP contribution in [-0.2, 0) is 6.42 Å². The van der Waals surface area contributed by atoms with E-state index in [0.29, 0.717) is 6.54 Å². The topological polar surface area (TPSA) is 26.0 Å². The van der Waals surface area contributed by atoms with E-state index in [-0.39, 0.29) is 0 Å². The van der Waals surface area contributed by atoms with Crippen LogP contribution in [0.1, 0.15) is 35.1 Å². The Morgan fingerprint density at radius 3 is 2.80 bits per heavy atom. The van der Waals surface area contributed by atoms with Crippen molar-refractivity contribution in [2.45, 2.75) is 33.1 Å². The van der Waals surface area contributed by atoms with Gasteiger partial charge in [0, 0.05) is 6.54 Å². The number of allylic oxidation sites excluding steroid dienone is 1. The van der Waals surface area contributed by atoms with E-state index in [1.165, 1.54) is 47.1 Å². The third-order valence-electron chi connectivity index (χ3n) is 3.20. The lowest BCUT2D eigenvalue weighted by atomic mass is 9.84. The molecule has 0 bridgehead atoms. The fourth-order valence-corrected chi connectivity index (χ4v) is 2.56. The zero-order chi connectivity index (χ0) is 10.8. The molecule has 1 aromatic rings. The van der Waals surface area contributed by atoms with Crippen molar-refractivity contribution in [3.63, 3.8) is 0 Å². The molecule has 2 rings (SSSR count). The van der Waals surface area contributed by atoms with Gasteiger partial charge < -0.3 is 5.73 Å². The average Bonchev–Trinajstić information content (AvgIpc) is 2.19. The Kier molecular flexibility index (Phi) is 2.92. The van der Waals surface area contributed by atoms with Gasteiger partial charge >= 0.3 is 0 Å². The largest absolute Gasteiger partial charge is 0.327 e. The van der Waals surface area contributed by atoms with Crippen LogP contribution in [0.25, 0.3) is 5.57 Å². The Bertz CT molecular complexity index is 402. The molecule has 1 aliphatic rings. The molecule has 0 amide bonds. The summed E-state index contributed by atoms with van der Waals surface area (Å²) in [6.07, 6.45) is 5.86. The van der Waals surface area contributed by atoms with E-state index in [9.17, 15) is 0 Å². The van der Waals surface area contributed by atoms with E-state index in [1.54, 1.807) is 0 Å². The van der Waals surface area contributed by atoms with Crippen LogP contribution in [0.4, 0.5) is 0 Å². The normalized spacial score (nSPS) is 17.9. The molecule has 0 saturated heterocycles. The quantitative estimate of drug-likeness (QED) is 0.742. The molecule has 15 heavy (non-hydrogen) atoms.